The molecule has 0 aliphatic carbocycles. The van der Waals surface area contributed by atoms with Crippen LogP contribution in [0.3, 0.4) is 0 Å². The molecule has 4 aromatic rings. The van der Waals surface area contributed by atoms with Crippen LogP contribution in [0.2, 0.25) is 0 Å². The largest absolute Gasteiger partial charge is 0.465 e. The molecule has 0 saturated heterocycles. The summed E-state index contributed by atoms with van der Waals surface area (Å²) in [6.07, 6.45) is 4.64. The van der Waals surface area contributed by atoms with Gasteiger partial charge in [-0.2, -0.15) is 5.10 Å². The minimum absolute atomic E-state index is 0.0658. The van der Waals surface area contributed by atoms with Crippen LogP contribution in [0.4, 0.5) is 5.69 Å². The van der Waals surface area contributed by atoms with Gasteiger partial charge in [-0.15, -0.1) is 0 Å². The molecule has 0 aliphatic heterocycles. The van der Waals surface area contributed by atoms with E-state index in [0.717, 1.165) is 10.9 Å². The molecule has 0 atom stereocenters. The summed E-state index contributed by atoms with van der Waals surface area (Å²) in [5.41, 5.74) is 1.96. The van der Waals surface area contributed by atoms with Gasteiger partial charge in [0.1, 0.15) is 11.5 Å². The van der Waals surface area contributed by atoms with E-state index in [9.17, 15) is 9.59 Å². The Bertz CT molecular complexity index is 1140. The zero-order chi connectivity index (χ0) is 19.3. The molecule has 2 aromatic heterocycles. The van der Waals surface area contributed by atoms with Gasteiger partial charge in [-0.05, 0) is 42.5 Å². The maximum absolute atomic E-state index is 12.8. The quantitative estimate of drug-likeness (QED) is 0.466. The zero-order valence-electron chi connectivity index (χ0n) is 14.7. The molecule has 3 N–H and O–H groups in total. The summed E-state index contributed by atoms with van der Waals surface area (Å²) in [4.78, 5) is 25.3. The van der Waals surface area contributed by atoms with Crippen molar-refractivity contribution in [2.75, 3.05) is 5.32 Å². The summed E-state index contributed by atoms with van der Waals surface area (Å²) < 4.78 is 5.28. The highest BCUT2D eigenvalue weighted by molar-refractivity contribution is 6.10. The highest BCUT2D eigenvalue weighted by Gasteiger charge is 2.16. The molecule has 0 unspecified atom stereocenters. The molecule has 0 fully saturated rings. The average molecular weight is 372 g/mol. The molecule has 0 radical (unpaired) electrons. The van der Waals surface area contributed by atoms with E-state index < -0.39 is 5.91 Å². The number of hydrogen-bond donors (Lipinski definition) is 3. The molecule has 2 amide bonds. The van der Waals surface area contributed by atoms with Crippen LogP contribution >= 0.6 is 0 Å². The maximum Gasteiger partial charge on any atom is 0.272 e. The second-order valence-corrected chi connectivity index (χ2v) is 6.02. The first-order chi connectivity index (χ1) is 13.7. The third-order valence-electron chi connectivity index (χ3n) is 4.06. The molecule has 4 rings (SSSR count). The van der Waals surface area contributed by atoms with Gasteiger partial charge < -0.3 is 15.1 Å². The second-order valence-electron chi connectivity index (χ2n) is 6.02. The van der Waals surface area contributed by atoms with Gasteiger partial charge in [0.15, 0.2) is 0 Å². The van der Waals surface area contributed by atoms with E-state index in [1.165, 1.54) is 12.3 Å². The van der Waals surface area contributed by atoms with E-state index in [1.807, 2.05) is 12.1 Å². The number of aromatic nitrogens is 2. The van der Waals surface area contributed by atoms with E-state index in [-0.39, 0.29) is 11.6 Å². The van der Waals surface area contributed by atoms with Crippen LogP contribution in [0.5, 0.6) is 0 Å². The van der Waals surface area contributed by atoms with Crippen LogP contribution in [0.15, 0.2) is 83.2 Å². The van der Waals surface area contributed by atoms with Crippen molar-refractivity contribution in [1.82, 2.24) is 15.5 Å². The zero-order valence-corrected chi connectivity index (χ0v) is 14.7. The summed E-state index contributed by atoms with van der Waals surface area (Å²) in [7, 11) is 0. The molecule has 138 valence electrons. The molecule has 7 heteroatoms. The third-order valence-corrected chi connectivity index (χ3v) is 4.06. The lowest BCUT2D eigenvalue weighted by Gasteiger charge is -2.11. The van der Waals surface area contributed by atoms with Gasteiger partial charge in [-0.3, -0.25) is 14.7 Å². The number of benzene rings is 2. The number of H-pyrrole nitrogens is 1. The molecule has 7 nitrogen and oxygen atoms in total. The smallest absolute Gasteiger partial charge is 0.272 e. The fraction of sp³-hybridized carbons (Fsp3) is 0. The first kappa shape index (κ1) is 17.3. The van der Waals surface area contributed by atoms with Crippen molar-refractivity contribution in [1.29, 1.82) is 0 Å². The SMILES string of the molecule is O=C(Nc1ccc2[nH]ncc2c1)/C(=C\c1ccco1)NC(=O)c1ccccc1. The lowest BCUT2D eigenvalue weighted by Crippen LogP contribution is -2.30. The predicted octanol–water partition coefficient (Wildman–Crippen LogP) is 3.57. The Morgan fingerprint density at radius 2 is 1.89 bits per heavy atom. The minimum Gasteiger partial charge on any atom is -0.465 e. The molecule has 28 heavy (non-hydrogen) atoms. The Balaban J connectivity index is 1.59. The topological polar surface area (TPSA) is 100 Å². The highest BCUT2D eigenvalue weighted by Crippen LogP contribution is 2.18. The Labute approximate surface area is 160 Å². The van der Waals surface area contributed by atoms with Gasteiger partial charge in [0.05, 0.1) is 18.0 Å². The fourth-order valence-corrected chi connectivity index (χ4v) is 2.68. The van der Waals surface area contributed by atoms with Gasteiger partial charge in [0.25, 0.3) is 11.8 Å². The minimum atomic E-state index is -0.469. The molecule has 2 heterocycles. The predicted molar refractivity (Wildman–Crippen MR) is 105 cm³/mol. The van der Waals surface area contributed by atoms with Crippen LogP contribution in [0.25, 0.3) is 17.0 Å². The summed E-state index contributed by atoms with van der Waals surface area (Å²) in [6, 6.07) is 17.4. The number of carbonyl (C=O) groups is 2. The second kappa shape index (κ2) is 7.63. The van der Waals surface area contributed by atoms with E-state index in [1.54, 1.807) is 54.7 Å². The number of aromatic amines is 1. The Kier molecular flexibility index (Phi) is 4.71. The van der Waals surface area contributed by atoms with E-state index >= 15 is 0 Å². The fourth-order valence-electron chi connectivity index (χ4n) is 2.68. The molecule has 2 aromatic carbocycles. The van der Waals surface area contributed by atoms with Gasteiger partial charge in [0, 0.05) is 22.7 Å². The summed E-state index contributed by atoms with van der Waals surface area (Å²) in [5, 5.41) is 13.1. The van der Waals surface area contributed by atoms with Crippen LogP contribution in [0, 0.1) is 0 Å². The first-order valence-corrected chi connectivity index (χ1v) is 8.55. The lowest BCUT2D eigenvalue weighted by molar-refractivity contribution is -0.113. The summed E-state index contributed by atoms with van der Waals surface area (Å²) in [5.74, 6) is -0.411. The van der Waals surface area contributed by atoms with Crippen LogP contribution in [0.1, 0.15) is 16.1 Å². The van der Waals surface area contributed by atoms with Crippen LogP contribution in [-0.4, -0.2) is 22.0 Å². The number of fused-ring (bicyclic) bond motifs is 1. The number of hydrogen-bond acceptors (Lipinski definition) is 4. The maximum atomic E-state index is 12.8. The number of anilines is 1. The Hall–Kier alpha value is -4.13. The Morgan fingerprint density at radius 1 is 1.04 bits per heavy atom. The van der Waals surface area contributed by atoms with Crippen molar-refractivity contribution < 1.29 is 14.0 Å². The molecule has 0 aliphatic rings. The third kappa shape index (κ3) is 3.83. The van der Waals surface area contributed by atoms with Crippen LogP contribution < -0.4 is 10.6 Å². The normalized spacial score (nSPS) is 11.4. The van der Waals surface area contributed by atoms with E-state index in [0.29, 0.717) is 17.0 Å². The van der Waals surface area contributed by atoms with Crippen molar-refractivity contribution >= 4 is 34.5 Å². The van der Waals surface area contributed by atoms with Gasteiger partial charge >= 0.3 is 0 Å². The van der Waals surface area contributed by atoms with Crippen molar-refractivity contribution in [3.63, 3.8) is 0 Å². The van der Waals surface area contributed by atoms with Gasteiger partial charge in [0.2, 0.25) is 0 Å². The average Bonchev–Trinajstić information content (AvgIpc) is 3.39. The number of rotatable bonds is 5. The number of carbonyl (C=O) groups excluding carboxylic acids is 2. The van der Waals surface area contributed by atoms with Crippen molar-refractivity contribution in [2.45, 2.75) is 0 Å². The number of furan rings is 1. The molecule has 0 spiro atoms. The first-order valence-electron chi connectivity index (χ1n) is 8.55. The van der Waals surface area contributed by atoms with E-state index in [2.05, 4.69) is 20.8 Å². The molecule has 0 saturated carbocycles. The number of nitrogens with zero attached hydrogens (tertiary/aromatic N) is 1. The molecule has 0 bridgehead atoms. The van der Waals surface area contributed by atoms with Gasteiger partial charge in [-0.1, -0.05) is 18.2 Å². The summed E-state index contributed by atoms with van der Waals surface area (Å²) >= 11 is 0. The monoisotopic (exact) mass is 372 g/mol. The van der Waals surface area contributed by atoms with Crippen molar-refractivity contribution in [3.8, 4) is 0 Å². The van der Waals surface area contributed by atoms with Crippen molar-refractivity contribution in [2.24, 2.45) is 0 Å². The Morgan fingerprint density at radius 3 is 2.68 bits per heavy atom. The number of amides is 2. The lowest BCUT2D eigenvalue weighted by atomic mass is 10.2. The molecular weight excluding hydrogens is 356 g/mol. The highest BCUT2D eigenvalue weighted by atomic mass is 16.3. The van der Waals surface area contributed by atoms with Crippen molar-refractivity contribution in [3.05, 3.63) is 90.1 Å². The van der Waals surface area contributed by atoms with E-state index in [4.69, 9.17) is 4.42 Å². The van der Waals surface area contributed by atoms with Gasteiger partial charge in [-0.25, -0.2) is 0 Å². The summed E-state index contributed by atoms with van der Waals surface area (Å²) in [6.45, 7) is 0. The standard InChI is InChI=1S/C21H16N4O3/c26-20(14-5-2-1-3-6-14)24-19(12-17-7-4-10-28-17)21(27)23-16-8-9-18-15(11-16)13-22-25-18/h1-13H,(H,22,25)(H,23,27)(H,24,26)/b19-12+. The van der Waals surface area contributed by atoms with Crippen LogP contribution in [-0.2, 0) is 4.79 Å². The molecular formula is C21H16N4O3. The number of nitrogens with one attached hydrogen (secondary N) is 3.